The van der Waals surface area contributed by atoms with Gasteiger partial charge in [0.2, 0.25) is 0 Å². The quantitative estimate of drug-likeness (QED) is 0.580. The zero-order valence-electron chi connectivity index (χ0n) is 10.6. The highest BCUT2D eigenvalue weighted by molar-refractivity contribution is 7.13. The third-order valence-corrected chi connectivity index (χ3v) is 4.57. The predicted molar refractivity (Wildman–Crippen MR) is 62.9 cm³/mol. The van der Waals surface area contributed by atoms with E-state index in [1.165, 1.54) is 0 Å². The number of carbonyl (C=O) groups is 1. The van der Waals surface area contributed by atoms with Crippen LogP contribution >= 0.6 is 11.3 Å². The second-order valence-electron chi connectivity index (χ2n) is 4.93. The second kappa shape index (κ2) is 5.58. The molecular weight excluding hydrogens is 320 g/mol. The highest BCUT2D eigenvalue weighted by Crippen LogP contribution is 2.43. The Kier molecular flexibility index (Phi) is 4.32. The maximum absolute atomic E-state index is 12.9. The van der Waals surface area contributed by atoms with Crippen LogP contribution in [-0.2, 0) is 6.18 Å². The second-order valence-corrected chi connectivity index (χ2v) is 5.96. The highest BCUT2D eigenvalue weighted by atomic mass is 32.1. The first-order chi connectivity index (χ1) is 9.60. The lowest BCUT2D eigenvalue weighted by Gasteiger charge is -2.31. The molecule has 0 amide bonds. The average molecular weight is 331 g/mol. The van der Waals surface area contributed by atoms with Crippen molar-refractivity contribution in [1.82, 2.24) is 4.98 Å². The van der Waals surface area contributed by atoms with E-state index in [1.807, 2.05) is 0 Å². The molecule has 21 heavy (non-hydrogen) atoms. The summed E-state index contributed by atoms with van der Waals surface area (Å²) in [6, 6.07) is 0. The van der Waals surface area contributed by atoms with Crippen molar-refractivity contribution in [2.75, 3.05) is 0 Å². The normalized spacial score (nSPS) is 24.1. The third-order valence-electron chi connectivity index (χ3n) is 3.51. The number of nitrogens with zero attached hydrogens (tertiary/aromatic N) is 1. The first kappa shape index (κ1) is 16.3. The Balaban J connectivity index is 2.23. The lowest BCUT2D eigenvalue weighted by atomic mass is 9.76. The zero-order chi connectivity index (χ0) is 15.8. The minimum Gasteiger partial charge on any atom is -0.293 e. The van der Waals surface area contributed by atoms with E-state index in [0.717, 1.165) is 6.20 Å². The number of ketones is 1. The number of aromatic nitrogens is 1. The number of hydrogen-bond donors (Lipinski definition) is 0. The Hall–Kier alpha value is -1.12. The lowest BCUT2D eigenvalue weighted by molar-refractivity contribution is -0.190. The maximum Gasteiger partial charge on any atom is 0.443 e. The molecule has 9 heteroatoms. The van der Waals surface area contributed by atoms with E-state index >= 15 is 0 Å². The van der Waals surface area contributed by atoms with E-state index in [9.17, 15) is 31.1 Å². The van der Waals surface area contributed by atoms with Gasteiger partial charge in [0, 0.05) is 12.1 Å². The molecule has 0 radical (unpaired) electrons. The zero-order valence-corrected chi connectivity index (χ0v) is 11.4. The van der Waals surface area contributed by atoms with E-state index in [-0.39, 0.29) is 29.1 Å². The molecule has 1 heterocycles. The van der Waals surface area contributed by atoms with Gasteiger partial charge in [0.1, 0.15) is 0 Å². The van der Waals surface area contributed by atoms with Crippen LogP contribution in [0.1, 0.15) is 40.4 Å². The standard InChI is InChI=1S/C12H11F6NOS/c13-11(14,15)7-4-2-1-3-6(7)9(20)8-5-19-10(21-8)12(16,17)18/h5-7H,1-4H2. The number of rotatable bonds is 2. The predicted octanol–water partition coefficient (Wildman–Crippen LogP) is 4.71. The van der Waals surface area contributed by atoms with E-state index in [1.54, 1.807) is 0 Å². The fraction of sp³-hybridized carbons (Fsp3) is 0.667. The molecule has 2 unspecified atom stereocenters. The van der Waals surface area contributed by atoms with Gasteiger partial charge < -0.3 is 0 Å². The first-order valence-electron chi connectivity index (χ1n) is 6.24. The summed E-state index contributed by atoms with van der Waals surface area (Å²) < 4.78 is 76.0. The van der Waals surface area contributed by atoms with Crippen LogP contribution in [0.25, 0.3) is 0 Å². The van der Waals surface area contributed by atoms with Crippen LogP contribution in [0.4, 0.5) is 26.3 Å². The monoisotopic (exact) mass is 331 g/mol. The summed E-state index contributed by atoms with van der Waals surface area (Å²) in [6.07, 6.45) is -7.78. The minimum absolute atomic E-state index is 0.0439. The Labute approximate surface area is 120 Å². The summed E-state index contributed by atoms with van der Waals surface area (Å²) in [7, 11) is 0. The highest BCUT2D eigenvalue weighted by Gasteiger charge is 2.48. The third kappa shape index (κ3) is 3.56. The van der Waals surface area contributed by atoms with Gasteiger partial charge in [0.15, 0.2) is 10.8 Å². The van der Waals surface area contributed by atoms with Gasteiger partial charge >= 0.3 is 12.4 Å². The summed E-state index contributed by atoms with van der Waals surface area (Å²) in [5, 5.41) is -1.22. The first-order valence-corrected chi connectivity index (χ1v) is 7.06. The minimum atomic E-state index is -4.70. The molecule has 1 fully saturated rings. The number of alkyl halides is 6. The van der Waals surface area contributed by atoms with Crippen molar-refractivity contribution in [2.24, 2.45) is 11.8 Å². The van der Waals surface area contributed by atoms with Crippen LogP contribution < -0.4 is 0 Å². The van der Waals surface area contributed by atoms with Gasteiger partial charge in [-0.3, -0.25) is 4.79 Å². The summed E-state index contributed by atoms with van der Waals surface area (Å²) in [5.41, 5.74) is 0. The summed E-state index contributed by atoms with van der Waals surface area (Å²) in [5.74, 6) is -3.97. The van der Waals surface area contributed by atoms with Gasteiger partial charge in [0.25, 0.3) is 0 Å². The van der Waals surface area contributed by atoms with Gasteiger partial charge in [-0.05, 0) is 12.8 Å². The van der Waals surface area contributed by atoms with Crippen molar-refractivity contribution in [2.45, 2.75) is 38.0 Å². The van der Waals surface area contributed by atoms with Crippen molar-refractivity contribution in [3.63, 3.8) is 0 Å². The van der Waals surface area contributed by atoms with E-state index in [0.29, 0.717) is 12.8 Å². The van der Waals surface area contributed by atoms with Crippen molar-refractivity contribution in [3.8, 4) is 0 Å². The summed E-state index contributed by atoms with van der Waals surface area (Å²) in [6.45, 7) is 0. The van der Waals surface area contributed by atoms with Crippen molar-refractivity contribution in [1.29, 1.82) is 0 Å². The molecule has 0 N–H and O–H groups in total. The van der Waals surface area contributed by atoms with Crippen molar-refractivity contribution < 1.29 is 31.1 Å². The van der Waals surface area contributed by atoms with Gasteiger partial charge in [-0.15, -0.1) is 11.3 Å². The SMILES string of the molecule is O=C(c1cnc(C(F)(F)F)s1)C1CCCCC1C(F)(F)F. The Bertz CT molecular complexity index is 521. The molecule has 1 aliphatic rings. The molecule has 1 aromatic rings. The number of carbonyl (C=O) groups excluding carboxylic acids is 1. The van der Waals surface area contributed by atoms with Crippen molar-refractivity contribution >= 4 is 17.1 Å². The van der Waals surface area contributed by atoms with Gasteiger partial charge in [-0.25, -0.2) is 4.98 Å². The lowest BCUT2D eigenvalue weighted by Crippen LogP contribution is -2.37. The van der Waals surface area contributed by atoms with Crippen LogP contribution in [0, 0.1) is 11.8 Å². The molecule has 0 aliphatic heterocycles. The van der Waals surface area contributed by atoms with Crippen LogP contribution in [0.5, 0.6) is 0 Å². The topological polar surface area (TPSA) is 30.0 Å². The molecule has 118 valence electrons. The molecule has 1 aliphatic carbocycles. The Morgan fingerprint density at radius 2 is 1.76 bits per heavy atom. The molecule has 2 atom stereocenters. The number of Topliss-reactive ketones (excluding diaryl/α,β-unsaturated/α-hetero) is 1. The molecule has 2 rings (SSSR count). The van der Waals surface area contributed by atoms with Gasteiger partial charge in [0.05, 0.1) is 10.8 Å². The van der Waals surface area contributed by atoms with Gasteiger partial charge in [-0.2, -0.15) is 26.3 Å². The fourth-order valence-electron chi connectivity index (χ4n) is 2.54. The largest absolute Gasteiger partial charge is 0.443 e. The molecule has 1 saturated carbocycles. The smallest absolute Gasteiger partial charge is 0.293 e. The summed E-state index contributed by atoms with van der Waals surface area (Å²) in [4.78, 5) is 14.8. The number of halogens is 6. The Morgan fingerprint density at radius 1 is 1.14 bits per heavy atom. The average Bonchev–Trinajstić information content (AvgIpc) is 2.86. The number of hydrogen-bond acceptors (Lipinski definition) is 3. The molecule has 1 aromatic heterocycles. The van der Waals surface area contributed by atoms with Gasteiger partial charge in [-0.1, -0.05) is 12.8 Å². The summed E-state index contributed by atoms with van der Waals surface area (Å²) >= 11 is 0.101. The maximum atomic E-state index is 12.9. The van der Waals surface area contributed by atoms with E-state index < -0.39 is 35.0 Å². The molecule has 0 spiro atoms. The molecular formula is C12H11F6NOS. The molecule has 0 bridgehead atoms. The van der Waals surface area contributed by atoms with Crippen LogP contribution in [0.2, 0.25) is 0 Å². The fourth-order valence-corrected chi connectivity index (χ4v) is 3.33. The van der Waals surface area contributed by atoms with Crippen LogP contribution in [0.3, 0.4) is 0 Å². The molecule has 2 nitrogen and oxygen atoms in total. The molecule has 0 aromatic carbocycles. The Morgan fingerprint density at radius 3 is 2.29 bits per heavy atom. The van der Waals surface area contributed by atoms with Crippen molar-refractivity contribution in [3.05, 3.63) is 16.1 Å². The number of thiazole rings is 1. The molecule has 0 saturated heterocycles. The van der Waals surface area contributed by atoms with Crippen LogP contribution in [-0.4, -0.2) is 16.9 Å². The van der Waals surface area contributed by atoms with E-state index in [2.05, 4.69) is 4.98 Å². The van der Waals surface area contributed by atoms with E-state index in [4.69, 9.17) is 0 Å². The van der Waals surface area contributed by atoms with Crippen LogP contribution in [0.15, 0.2) is 6.20 Å².